The van der Waals surface area contributed by atoms with E-state index in [4.69, 9.17) is 0 Å². The summed E-state index contributed by atoms with van der Waals surface area (Å²) in [6, 6.07) is 11.9. The third-order valence-corrected chi connectivity index (χ3v) is 12.8. The molecule has 3 saturated heterocycles. The molecule has 5 heterocycles. The minimum atomic E-state index is -4.54. The number of piperidine rings is 2. The molecule has 0 bridgehead atoms. The van der Waals surface area contributed by atoms with E-state index in [1.165, 1.54) is 33.0 Å². The number of nitriles is 1. The van der Waals surface area contributed by atoms with Gasteiger partial charge < -0.3 is 5.32 Å². The topological polar surface area (TPSA) is 169 Å². The van der Waals surface area contributed by atoms with Crippen molar-refractivity contribution in [2.24, 2.45) is 7.05 Å². The molecule has 3 amide bonds. The molecule has 0 aliphatic carbocycles. The molecule has 0 atom stereocenters. The standard InChI is InChI=1S/C39H41F3N10O4S/c1-38(2,50-15-9-25(10-16-50)26-5-7-32-33(21-26)49(3)48-35(32)52-19-13-34(53)47-37(52)54)14-8-27-20-31(6-4-28(27)22-43)57(55,56)51-17-11-30(12-18-51)46-36-44-23-29(24-45-36)39(40,41)42/h4-7,20-21,23-25,30H,9-13,15-19H2,1-3H3,(H,44,45,46)(H,47,53,54). The van der Waals surface area contributed by atoms with Gasteiger partial charge in [0, 0.05) is 75.6 Å². The van der Waals surface area contributed by atoms with Crippen LogP contribution in [0.4, 0.5) is 29.7 Å². The number of hydrogen-bond acceptors (Lipinski definition) is 10. The molecule has 0 spiro atoms. The number of nitrogens with zero attached hydrogens (tertiary/aromatic N) is 8. The lowest BCUT2D eigenvalue weighted by Gasteiger charge is -2.40. The van der Waals surface area contributed by atoms with Crippen molar-refractivity contribution in [1.29, 1.82) is 5.26 Å². The Balaban J connectivity index is 0.985. The molecular formula is C39H41F3N10O4S. The second-order valence-corrected chi connectivity index (χ2v) is 16.9. The van der Waals surface area contributed by atoms with Crippen molar-refractivity contribution in [3.05, 3.63) is 71.0 Å². The molecule has 3 aliphatic rings. The number of aryl methyl sites for hydroxylation is 1. The number of sulfonamides is 1. The number of nitrogens with one attached hydrogen (secondary N) is 2. The van der Waals surface area contributed by atoms with Crippen molar-refractivity contribution < 1.29 is 31.2 Å². The lowest BCUT2D eigenvalue weighted by Crippen LogP contribution is -2.49. The van der Waals surface area contributed by atoms with Crippen molar-refractivity contribution in [3.8, 4) is 17.9 Å². The molecule has 0 radical (unpaired) electrons. The predicted octanol–water partition coefficient (Wildman–Crippen LogP) is 4.97. The van der Waals surface area contributed by atoms with Crippen LogP contribution in [0.15, 0.2) is 53.7 Å². The van der Waals surface area contributed by atoms with Crippen LogP contribution in [-0.4, -0.2) is 93.6 Å². The van der Waals surface area contributed by atoms with Gasteiger partial charge in [-0.3, -0.25) is 24.6 Å². The van der Waals surface area contributed by atoms with E-state index >= 15 is 0 Å². The largest absolute Gasteiger partial charge is 0.419 e. The zero-order valence-electron chi connectivity index (χ0n) is 31.6. The molecule has 7 rings (SSSR count). The zero-order chi connectivity index (χ0) is 40.7. The van der Waals surface area contributed by atoms with Gasteiger partial charge in [-0.15, -0.1) is 0 Å². The van der Waals surface area contributed by atoms with Crippen LogP contribution in [0.2, 0.25) is 0 Å². The first-order chi connectivity index (χ1) is 27.0. The molecule has 0 unspecified atom stereocenters. The third-order valence-electron chi connectivity index (χ3n) is 10.9. The minimum absolute atomic E-state index is 0.0220. The quantitative estimate of drug-likeness (QED) is 0.243. The number of carbonyl (C=O) groups is 2. The Kier molecular flexibility index (Phi) is 10.7. The van der Waals surface area contributed by atoms with Crippen LogP contribution in [0.25, 0.3) is 10.9 Å². The highest BCUT2D eigenvalue weighted by Crippen LogP contribution is 2.35. The number of urea groups is 1. The highest BCUT2D eigenvalue weighted by Gasteiger charge is 2.34. The Labute approximate surface area is 328 Å². The van der Waals surface area contributed by atoms with Crippen molar-refractivity contribution in [2.75, 3.05) is 42.9 Å². The predicted molar refractivity (Wildman–Crippen MR) is 204 cm³/mol. The number of aromatic nitrogens is 4. The van der Waals surface area contributed by atoms with Crippen LogP contribution < -0.4 is 15.5 Å². The molecule has 14 nitrogen and oxygen atoms in total. The van der Waals surface area contributed by atoms with Gasteiger partial charge >= 0.3 is 12.2 Å². The number of alkyl halides is 3. The van der Waals surface area contributed by atoms with Crippen molar-refractivity contribution >= 4 is 44.6 Å². The number of hydrogen-bond donors (Lipinski definition) is 2. The highest BCUT2D eigenvalue weighted by atomic mass is 32.2. The second-order valence-electron chi connectivity index (χ2n) is 15.0. The van der Waals surface area contributed by atoms with Gasteiger partial charge in [-0.2, -0.15) is 27.8 Å². The average Bonchev–Trinajstić information content (AvgIpc) is 3.52. The van der Waals surface area contributed by atoms with Gasteiger partial charge in [0.15, 0.2) is 5.82 Å². The molecule has 18 heteroatoms. The Morgan fingerprint density at radius 2 is 1.63 bits per heavy atom. The number of likely N-dealkylation sites (tertiary alicyclic amines) is 1. The number of anilines is 2. The van der Waals surface area contributed by atoms with E-state index in [0.29, 0.717) is 36.6 Å². The maximum absolute atomic E-state index is 13.7. The number of imide groups is 1. The first-order valence-corrected chi connectivity index (χ1v) is 20.0. The Morgan fingerprint density at radius 1 is 0.930 bits per heavy atom. The van der Waals surface area contributed by atoms with E-state index in [1.807, 2.05) is 27.0 Å². The maximum Gasteiger partial charge on any atom is 0.419 e. The van der Waals surface area contributed by atoms with Gasteiger partial charge in [-0.25, -0.2) is 23.2 Å². The molecule has 2 aromatic heterocycles. The van der Waals surface area contributed by atoms with Crippen LogP contribution in [0.5, 0.6) is 0 Å². The summed E-state index contributed by atoms with van der Waals surface area (Å²) in [5.74, 6) is 6.97. The van der Waals surface area contributed by atoms with Crippen molar-refractivity contribution in [3.63, 3.8) is 0 Å². The van der Waals surface area contributed by atoms with Crippen molar-refractivity contribution in [2.45, 2.75) is 74.5 Å². The van der Waals surface area contributed by atoms with Gasteiger partial charge in [0.05, 0.1) is 27.1 Å². The average molecular weight is 803 g/mol. The second kappa shape index (κ2) is 15.4. The third kappa shape index (κ3) is 8.30. The number of rotatable bonds is 7. The zero-order valence-corrected chi connectivity index (χ0v) is 32.4. The van der Waals surface area contributed by atoms with E-state index in [2.05, 4.69) is 60.6 Å². The number of halogens is 3. The van der Waals surface area contributed by atoms with Crippen molar-refractivity contribution in [1.82, 2.24) is 34.3 Å². The molecule has 3 aliphatic heterocycles. The van der Waals surface area contributed by atoms with E-state index in [0.717, 1.165) is 36.8 Å². The molecule has 298 valence electrons. The molecule has 0 saturated carbocycles. The number of benzene rings is 2. The normalized spacial score (nSPS) is 18.2. The van der Waals surface area contributed by atoms with Crippen LogP contribution in [0, 0.1) is 23.2 Å². The smallest absolute Gasteiger partial charge is 0.351 e. The van der Waals surface area contributed by atoms with Gasteiger partial charge in [0.1, 0.15) is 6.07 Å². The summed E-state index contributed by atoms with van der Waals surface area (Å²) in [6.45, 7) is 6.15. The van der Waals surface area contributed by atoms with Crippen LogP contribution >= 0.6 is 0 Å². The molecule has 3 fully saturated rings. The summed E-state index contributed by atoms with van der Waals surface area (Å²) in [5.41, 5.74) is 1.10. The monoisotopic (exact) mass is 802 g/mol. The fourth-order valence-electron chi connectivity index (χ4n) is 7.55. The van der Waals surface area contributed by atoms with Crippen LogP contribution in [0.3, 0.4) is 0 Å². The summed E-state index contributed by atoms with van der Waals surface area (Å²) in [4.78, 5) is 35.5. The molecule has 2 N–H and O–H groups in total. The Bertz CT molecular complexity index is 2420. The summed E-state index contributed by atoms with van der Waals surface area (Å²) < 4.78 is 69.1. The number of fused-ring (bicyclic) bond motifs is 1. The molecular weight excluding hydrogens is 762 g/mol. The van der Waals surface area contributed by atoms with Gasteiger partial charge in [-0.05, 0) is 81.3 Å². The van der Waals surface area contributed by atoms with Gasteiger partial charge in [-0.1, -0.05) is 17.9 Å². The number of amides is 3. The summed E-state index contributed by atoms with van der Waals surface area (Å²) in [6.07, 6.45) is -0.392. The Morgan fingerprint density at radius 3 is 2.28 bits per heavy atom. The van der Waals surface area contributed by atoms with Gasteiger partial charge in [0.2, 0.25) is 21.9 Å². The summed E-state index contributed by atoms with van der Waals surface area (Å²) in [5, 5.41) is 20.6. The van der Waals surface area contributed by atoms with Crippen LogP contribution in [-0.2, 0) is 28.0 Å². The van der Waals surface area contributed by atoms with E-state index in [-0.39, 0.29) is 60.3 Å². The molecule has 2 aromatic carbocycles. The highest BCUT2D eigenvalue weighted by molar-refractivity contribution is 7.89. The molecule has 57 heavy (non-hydrogen) atoms. The summed E-state index contributed by atoms with van der Waals surface area (Å²) >= 11 is 0. The lowest BCUT2D eigenvalue weighted by atomic mass is 9.87. The minimum Gasteiger partial charge on any atom is -0.351 e. The summed E-state index contributed by atoms with van der Waals surface area (Å²) in [7, 11) is -2.10. The lowest BCUT2D eigenvalue weighted by molar-refractivity contribution is -0.138. The fourth-order valence-corrected chi connectivity index (χ4v) is 9.05. The van der Waals surface area contributed by atoms with Gasteiger partial charge in [0.25, 0.3) is 0 Å². The first-order valence-electron chi connectivity index (χ1n) is 18.6. The Hall–Kier alpha value is -5.56. The molecule has 4 aromatic rings. The number of carbonyl (C=O) groups excluding carboxylic acids is 2. The van der Waals surface area contributed by atoms with E-state index < -0.39 is 33.3 Å². The SMILES string of the molecule is Cn1nc(N2CCC(=O)NC2=O)c2ccc(C3CCN(C(C)(C)C#Cc4cc(S(=O)(=O)N5CCC(Nc6ncc(C(F)(F)F)cn6)CC5)ccc4C#N)CC3)cc21. The van der Waals surface area contributed by atoms with Crippen LogP contribution in [0.1, 0.15) is 74.1 Å². The first kappa shape index (κ1) is 39.7. The fraction of sp³-hybridized carbons (Fsp3) is 0.436. The maximum atomic E-state index is 13.7. The van der Waals surface area contributed by atoms with E-state index in [1.54, 1.807) is 4.68 Å². The van der Waals surface area contributed by atoms with E-state index in [9.17, 15) is 36.4 Å².